The Kier molecular flexibility index (Phi) is 7.33. The van der Waals surface area contributed by atoms with Gasteiger partial charge < -0.3 is 15.5 Å². The molecule has 0 radical (unpaired) electrons. The summed E-state index contributed by atoms with van der Waals surface area (Å²) in [4.78, 5) is 27.9. The molecule has 1 fully saturated rings. The van der Waals surface area contributed by atoms with E-state index in [1.54, 1.807) is 18.2 Å². The van der Waals surface area contributed by atoms with Crippen molar-refractivity contribution < 1.29 is 13.6 Å². The van der Waals surface area contributed by atoms with E-state index in [1.807, 2.05) is 0 Å². The second-order valence-electron chi connectivity index (χ2n) is 7.73. The van der Waals surface area contributed by atoms with Gasteiger partial charge in [0.1, 0.15) is 11.6 Å². The standard InChI is InChI=1S/C23H24F2N6OS/c1-15-6-4-5-13-31(15)22-28-21(27-19-8-3-2-7-18(19)25)29-23(30-22)33-14-20(32)26-17-11-9-16(24)10-12-17/h2-3,7-12,15H,4-6,13-14H2,1H3,(H,26,32)(H,27,28,29,30)/t15-/m1/s1. The molecule has 2 heterocycles. The third-order valence-corrected chi connectivity index (χ3v) is 6.09. The van der Waals surface area contributed by atoms with Gasteiger partial charge in [-0.15, -0.1) is 0 Å². The lowest BCUT2D eigenvalue weighted by atomic mass is 10.0. The Labute approximate surface area is 195 Å². The number of aromatic nitrogens is 3. The molecular weight excluding hydrogens is 446 g/mol. The molecule has 3 aromatic rings. The molecule has 0 aliphatic carbocycles. The maximum absolute atomic E-state index is 14.2. The number of rotatable bonds is 7. The SMILES string of the molecule is C[C@@H]1CCCCN1c1nc(Nc2ccccc2F)nc(SCC(=O)Nc2ccc(F)cc2)n1. The molecule has 1 atom stereocenters. The molecule has 0 bridgehead atoms. The first kappa shape index (κ1) is 22.9. The Bertz CT molecular complexity index is 1110. The highest BCUT2D eigenvalue weighted by atomic mass is 32.2. The maximum atomic E-state index is 14.2. The van der Waals surface area contributed by atoms with Crippen molar-refractivity contribution in [1.82, 2.24) is 15.0 Å². The monoisotopic (exact) mass is 470 g/mol. The van der Waals surface area contributed by atoms with Crippen molar-refractivity contribution in [1.29, 1.82) is 0 Å². The van der Waals surface area contributed by atoms with E-state index in [0.29, 0.717) is 16.8 Å². The number of piperidine rings is 1. The van der Waals surface area contributed by atoms with Gasteiger partial charge >= 0.3 is 0 Å². The van der Waals surface area contributed by atoms with E-state index in [2.05, 4.69) is 37.4 Å². The quantitative estimate of drug-likeness (QED) is 0.470. The lowest BCUT2D eigenvalue weighted by molar-refractivity contribution is -0.113. The van der Waals surface area contributed by atoms with Gasteiger partial charge in [-0.25, -0.2) is 8.78 Å². The van der Waals surface area contributed by atoms with Gasteiger partial charge in [0, 0.05) is 18.3 Å². The number of nitrogens with one attached hydrogen (secondary N) is 2. The molecule has 172 valence electrons. The summed E-state index contributed by atoms with van der Waals surface area (Å²) in [6, 6.07) is 12.1. The van der Waals surface area contributed by atoms with Crippen LogP contribution in [-0.2, 0) is 4.79 Å². The second-order valence-corrected chi connectivity index (χ2v) is 8.67. The summed E-state index contributed by atoms with van der Waals surface area (Å²) in [7, 11) is 0. The van der Waals surface area contributed by atoms with Crippen molar-refractivity contribution in [2.45, 2.75) is 37.4 Å². The van der Waals surface area contributed by atoms with Crippen LogP contribution in [0, 0.1) is 11.6 Å². The topological polar surface area (TPSA) is 83.0 Å². The van der Waals surface area contributed by atoms with Gasteiger partial charge in [0.15, 0.2) is 5.16 Å². The molecule has 33 heavy (non-hydrogen) atoms. The van der Waals surface area contributed by atoms with E-state index in [-0.39, 0.29) is 35.2 Å². The van der Waals surface area contributed by atoms with Crippen molar-refractivity contribution >= 4 is 40.9 Å². The first-order valence-electron chi connectivity index (χ1n) is 10.7. The number of para-hydroxylation sites is 1. The zero-order valence-corrected chi connectivity index (χ0v) is 18.9. The van der Waals surface area contributed by atoms with Crippen LogP contribution in [-0.4, -0.2) is 39.2 Å². The number of amides is 1. The fourth-order valence-corrected chi connectivity index (χ4v) is 4.16. The first-order valence-corrected chi connectivity index (χ1v) is 11.7. The lowest BCUT2D eigenvalue weighted by Crippen LogP contribution is -2.38. The van der Waals surface area contributed by atoms with Crippen LogP contribution >= 0.6 is 11.8 Å². The Morgan fingerprint density at radius 1 is 1.09 bits per heavy atom. The highest BCUT2D eigenvalue weighted by molar-refractivity contribution is 7.99. The molecule has 1 saturated heterocycles. The molecule has 2 N–H and O–H groups in total. The molecule has 7 nitrogen and oxygen atoms in total. The van der Waals surface area contributed by atoms with Crippen molar-refractivity contribution in [2.24, 2.45) is 0 Å². The third kappa shape index (κ3) is 6.16. The fraction of sp³-hybridized carbons (Fsp3) is 0.304. The van der Waals surface area contributed by atoms with E-state index < -0.39 is 5.82 Å². The van der Waals surface area contributed by atoms with E-state index in [4.69, 9.17) is 0 Å². The Morgan fingerprint density at radius 3 is 2.64 bits per heavy atom. The number of thioether (sulfide) groups is 1. The second kappa shape index (κ2) is 10.6. The highest BCUT2D eigenvalue weighted by Crippen LogP contribution is 2.26. The minimum absolute atomic E-state index is 0.0511. The summed E-state index contributed by atoms with van der Waals surface area (Å²) < 4.78 is 27.2. The van der Waals surface area contributed by atoms with Crippen LogP contribution in [0.3, 0.4) is 0 Å². The maximum Gasteiger partial charge on any atom is 0.234 e. The van der Waals surface area contributed by atoms with Crippen molar-refractivity contribution in [3.8, 4) is 0 Å². The number of carbonyl (C=O) groups excluding carboxylic acids is 1. The minimum Gasteiger partial charge on any atom is -0.338 e. The number of nitrogens with zero attached hydrogens (tertiary/aromatic N) is 4. The summed E-state index contributed by atoms with van der Waals surface area (Å²) in [5.74, 6) is -0.305. The molecule has 1 aromatic heterocycles. The van der Waals surface area contributed by atoms with Crippen LogP contribution in [0.25, 0.3) is 0 Å². The third-order valence-electron chi connectivity index (χ3n) is 5.24. The summed E-state index contributed by atoms with van der Waals surface area (Å²) >= 11 is 1.15. The molecular formula is C23H24F2N6OS. The smallest absolute Gasteiger partial charge is 0.234 e. The number of anilines is 4. The predicted octanol–water partition coefficient (Wildman–Crippen LogP) is 5.00. The predicted molar refractivity (Wildman–Crippen MR) is 126 cm³/mol. The van der Waals surface area contributed by atoms with Gasteiger partial charge in [-0.2, -0.15) is 15.0 Å². The molecule has 0 spiro atoms. The molecule has 4 rings (SSSR count). The Balaban J connectivity index is 1.52. The molecule has 0 unspecified atom stereocenters. The van der Waals surface area contributed by atoms with Gasteiger partial charge in [-0.05, 0) is 62.6 Å². The van der Waals surface area contributed by atoms with Crippen molar-refractivity contribution in [2.75, 3.05) is 27.8 Å². The zero-order chi connectivity index (χ0) is 23.2. The summed E-state index contributed by atoms with van der Waals surface area (Å²) in [6.45, 7) is 2.94. The number of hydrogen-bond acceptors (Lipinski definition) is 7. The molecule has 10 heteroatoms. The fourth-order valence-electron chi connectivity index (χ4n) is 3.53. The summed E-state index contributed by atoms with van der Waals surface area (Å²) in [5, 5.41) is 5.99. The van der Waals surface area contributed by atoms with Crippen LogP contribution in [0.4, 0.5) is 32.1 Å². The van der Waals surface area contributed by atoms with Crippen LogP contribution in [0.1, 0.15) is 26.2 Å². The largest absolute Gasteiger partial charge is 0.338 e. The van der Waals surface area contributed by atoms with Crippen LogP contribution in [0.5, 0.6) is 0 Å². The first-order chi connectivity index (χ1) is 16.0. The summed E-state index contributed by atoms with van der Waals surface area (Å²) in [5.41, 5.74) is 0.758. The average Bonchev–Trinajstić information content (AvgIpc) is 2.81. The van der Waals surface area contributed by atoms with Gasteiger partial charge in [0.05, 0.1) is 11.4 Å². The average molecular weight is 471 g/mol. The zero-order valence-electron chi connectivity index (χ0n) is 18.1. The van der Waals surface area contributed by atoms with Gasteiger partial charge in [0.25, 0.3) is 0 Å². The normalized spacial score (nSPS) is 15.8. The molecule has 1 aliphatic heterocycles. The highest BCUT2D eigenvalue weighted by Gasteiger charge is 2.23. The molecule has 1 amide bonds. The number of hydrogen-bond donors (Lipinski definition) is 2. The van der Waals surface area contributed by atoms with Crippen molar-refractivity contribution in [3.63, 3.8) is 0 Å². The van der Waals surface area contributed by atoms with Crippen LogP contribution in [0.2, 0.25) is 0 Å². The van der Waals surface area contributed by atoms with Gasteiger partial charge in [-0.1, -0.05) is 23.9 Å². The van der Waals surface area contributed by atoms with Gasteiger partial charge in [-0.3, -0.25) is 4.79 Å². The molecule has 1 aliphatic rings. The Hall–Kier alpha value is -3.27. The van der Waals surface area contributed by atoms with Crippen LogP contribution < -0.4 is 15.5 Å². The van der Waals surface area contributed by atoms with Gasteiger partial charge in [0.2, 0.25) is 17.8 Å². The number of benzene rings is 2. The van der Waals surface area contributed by atoms with E-state index >= 15 is 0 Å². The molecule has 2 aromatic carbocycles. The summed E-state index contributed by atoms with van der Waals surface area (Å²) in [6.07, 6.45) is 3.22. The van der Waals surface area contributed by atoms with E-state index in [9.17, 15) is 13.6 Å². The van der Waals surface area contributed by atoms with Crippen LogP contribution in [0.15, 0.2) is 53.7 Å². The number of halogens is 2. The minimum atomic E-state index is -0.418. The van der Waals surface area contributed by atoms with E-state index in [1.165, 1.54) is 30.3 Å². The van der Waals surface area contributed by atoms with Crippen molar-refractivity contribution in [3.05, 3.63) is 60.2 Å². The Morgan fingerprint density at radius 2 is 1.88 bits per heavy atom. The molecule has 0 saturated carbocycles. The number of carbonyl (C=O) groups is 1. The lowest BCUT2D eigenvalue weighted by Gasteiger charge is -2.33. The van der Waals surface area contributed by atoms with E-state index in [0.717, 1.165) is 37.6 Å².